The van der Waals surface area contributed by atoms with Crippen LogP contribution < -0.4 is 4.90 Å². The van der Waals surface area contributed by atoms with Crippen molar-refractivity contribution < 1.29 is 4.42 Å². The summed E-state index contributed by atoms with van der Waals surface area (Å²) in [5, 5.41) is 2.41. The van der Waals surface area contributed by atoms with Gasteiger partial charge in [0.25, 0.3) is 0 Å². The van der Waals surface area contributed by atoms with E-state index in [2.05, 4.69) is 151 Å². The van der Waals surface area contributed by atoms with Crippen molar-refractivity contribution in [3.63, 3.8) is 0 Å². The number of nitrogens with zero attached hydrogens (tertiary/aromatic N) is 1. The molecule has 4 aliphatic carbocycles. The van der Waals surface area contributed by atoms with E-state index < -0.39 is 10.0 Å². The van der Waals surface area contributed by atoms with Gasteiger partial charge in [0.05, 0.1) is 6.04 Å². The van der Waals surface area contributed by atoms with Crippen LogP contribution in [0.3, 0.4) is 0 Å². The van der Waals surface area contributed by atoms with Gasteiger partial charge < -0.3 is 9.32 Å². The highest BCUT2D eigenvalue weighted by Crippen LogP contribution is 2.76. The molecule has 4 aromatic carbocycles. The van der Waals surface area contributed by atoms with Gasteiger partial charge in [0.2, 0.25) is 0 Å². The summed E-state index contributed by atoms with van der Waals surface area (Å²) >= 11 is 0. The van der Waals surface area contributed by atoms with Crippen LogP contribution in [-0.4, -0.2) is 6.04 Å². The molecule has 3 heteroatoms. The first kappa shape index (κ1) is 31.0. The first-order valence-corrected chi connectivity index (χ1v) is 20.8. The van der Waals surface area contributed by atoms with Crippen LogP contribution in [0.1, 0.15) is 80.8 Å². The van der Waals surface area contributed by atoms with Gasteiger partial charge in [-0.05, 0) is 110 Å². The quantitative estimate of drug-likeness (QED) is 0.166. The maximum absolute atomic E-state index is 6.52. The van der Waals surface area contributed by atoms with Crippen LogP contribution in [-0.2, 0) is 0 Å². The number of hydrogen-bond acceptors (Lipinski definition) is 2. The third kappa shape index (κ3) is 4.99. The van der Waals surface area contributed by atoms with Crippen molar-refractivity contribution in [1.82, 2.24) is 0 Å². The highest BCUT2D eigenvalue weighted by Gasteiger charge is 2.43. The summed E-state index contributed by atoms with van der Waals surface area (Å²) in [4.78, 5) is 8.67. The Bertz CT molecular complexity index is 2330. The molecule has 4 atom stereocenters. The van der Waals surface area contributed by atoms with Crippen molar-refractivity contribution in [2.75, 3.05) is 4.90 Å². The topological polar surface area (TPSA) is 16.4 Å². The zero-order chi connectivity index (χ0) is 33.8. The lowest BCUT2D eigenvalue weighted by atomic mass is 9.86. The summed E-state index contributed by atoms with van der Waals surface area (Å²) in [5.74, 6) is 0.795. The molecule has 0 amide bonds. The second-order valence-corrected chi connectivity index (χ2v) is 18.0. The Hall–Kier alpha value is -4.73. The number of furan rings is 1. The van der Waals surface area contributed by atoms with Gasteiger partial charge in [0.1, 0.15) is 11.2 Å². The summed E-state index contributed by atoms with van der Waals surface area (Å²) in [5.41, 5.74) is 7.81. The van der Waals surface area contributed by atoms with E-state index in [1.165, 1.54) is 68.8 Å². The van der Waals surface area contributed by atoms with E-state index >= 15 is 0 Å². The molecule has 2 heterocycles. The number of anilines is 1. The molecule has 0 spiro atoms. The summed E-state index contributed by atoms with van der Waals surface area (Å²) in [6.07, 6.45) is 32.7. The molecule has 2 nitrogen and oxygen atoms in total. The lowest BCUT2D eigenvalue weighted by Gasteiger charge is -2.46. The van der Waals surface area contributed by atoms with Crippen molar-refractivity contribution in [3.05, 3.63) is 172 Å². The van der Waals surface area contributed by atoms with Gasteiger partial charge in [-0.25, -0.2) is 0 Å². The second kappa shape index (κ2) is 12.8. The van der Waals surface area contributed by atoms with Crippen LogP contribution in [0.15, 0.2) is 175 Å². The van der Waals surface area contributed by atoms with Crippen molar-refractivity contribution >= 4 is 37.7 Å². The molecule has 0 fully saturated rings. The van der Waals surface area contributed by atoms with Gasteiger partial charge >= 0.3 is 0 Å². The Kier molecular flexibility index (Phi) is 7.79. The molecule has 10 rings (SSSR count). The van der Waals surface area contributed by atoms with Crippen molar-refractivity contribution in [2.45, 2.75) is 85.5 Å². The van der Waals surface area contributed by atoms with Crippen LogP contribution in [0.4, 0.5) is 5.69 Å². The molecule has 1 aromatic heterocycles. The van der Waals surface area contributed by atoms with E-state index in [0.717, 1.165) is 36.8 Å². The molecule has 1 aliphatic heterocycles. The number of para-hydroxylation sites is 2. The minimum absolute atomic E-state index is 0.262. The molecule has 0 saturated heterocycles. The Morgan fingerprint density at radius 2 is 1.61 bits per heavy atom. The lowest BCUT2D eigenvalue weighted by Crippen LogP contribution is -2.33. The van der Waals surface area contributed by atoms with E-state index in [1.807, 2.05) is 0 Å². The van der Waals surface area contributed by atoms with Crippen molar-refractivity contribution in [1.29, 1.82) is 0 Å². The largest absolute Gasteiger partial charge is 0.456 e. The Morgan fingerprint density at radius 1 is 0.706 bits per heavy atom. The van der Waals surface area contributed by atoms with Gasteiger partial charge in [-0.1, -0.05) is 109 Å². The molecular formula is C48H45NOS. The van der Waals surface area contributed by atoms with Crippen LogP contribution >= 0.6 is 10.0 Å². The maximum Gasteiger partial charge on any atom is 0.139 e. The van der Waals surface area contributed by atoms with Gasteiger partial charge in [0.15, 0.2) is 0 Å². The smallest absolute Gasteiger partial charge is 0.139 e. The predicted molar refractivity (Wildman–Crippen MR) is 216 cm³/mol. The average Bonchev–Trinajstić information content (AvgIpc) is 3.76. The molecule has 0 bridgehead atoms. The molecule has 0 radical (unpaired) electrons. The predicted octanol–water partition coefficient (Wildman–Crippen LogP) is 13.8. The highest BCUT2D eigenvalue weighted by molar-refractivity contribution is 8.40. The molecule has 0 saturated carbocycles. The zero-order valence-electron chi connectivity index (χ0n) is 29.2. The van der Waals surface area contributed by atoms with E-state index in [0.29, 0.717) is 12.0 Å². The maximum atomic E-state index is 6.52. The first-order chi connectivity index (χ1) is 25.3. The highest BCUT2D eigenvalue weighted by atomic mass is 32.3. The fourth-order valence-electron chi connectivity index (χ4n) is 9.65. The SMILES string of the molecule is C1=CCCC(S(C2=CCC(c3cccc4c3oc3ccccc34)C=C2)(c2ccccc2)c2ccc3c(c2)C2CCC=CC2N3C2=CCCCC2)=C1. The van der Waals surface area contributed by atoms with Crippen LogP contribution in [0.5, 0.6) is 0 Å². The van der Waals surface area contributed by atoms with Gasteiger partial charge in [0, 0.05) is 49.3 Å². The molecule has 5 aromatic rings. The third-order valence-electron chi connectivity index (χ3n) is 12.0. The van der Waals surface area contributed by atoms with Crippen LogP contribution in [0, 0.1) is 0 Å². The van der Waals surface area contributed by atoms with E-state index in [-0.39, 0.29) is 5.92 Å². The molecule has 51 heavy (non-hydrogen) atoms. The van der Waals surface area contributed by atoms with Crippen molar-refractivity contribution in [2.24, 2.45) is 0 Å². The third-order valence-corrected chi connectivity index (χ3v) is 16.1. The minimum Gasteiger partial charge on any atom is -0.456 e. The van der Waals surface area contributed by atoms with Gasteiger partial charge in [-0.2, -0.15) is 0 Å². The fraction of sp³-hybridized carbons (Fsp3) is 0.250. The van der Waals surface area contributed by atoms with E-state index in [4.69, 9.17) is 4.42 Å². The summed E-state index contributed by atoms with van der Waals surface area (Å²) < 4.78 is 6.52. The normalized spacial score (nSPS) is 24.4. The molecule has 0 N–H and O–H groups in total. The number of rotatable bonds is 6. The number of benzene rings is 4. The monoisotopic (exact) mass is 683 g/mol. The zero-order valence-corrected chi connectivity index (χ0v) is 30.0. The standard InChI is InChI=1S/C48H45NOS/c1-4-15-35(16-5-1)49-45-25-12-10-21-41(45)44-33-39(31-32-46(44)49)51(36-17-6-2-7-18-36,37-19-8-3-9-20-37)38-29-27-34(28-30-38)40-23-14-24-43-42-22-11-13-26-47(42)50-48(40)43/h2-3,6-8,11-15,17-19,22-27,29-34,41,45H,1,4-5,9-10,16,20-21,28H2. The Balaban J connectivity index is 1.12. The average molecular weight is 684 g/mol. The fourth-order valence-corrected chi connectivity index (χ4v) is 13.9. The lowest BCUT2D eigenvalue weighted by molar-refractivity contribution is 0.550. The molecular weight excluding hydrogens is 639 g/mol. The Labute approximate surface area is 303 Å². The molecule has 254 valence electrons. The Morgan fingerprint density at radius 3 is 2.45 bits per heavy atom. The van der Waals surface area contributed by atoms with E-state index in [1.54, 1.807) is 16.2 Å². The number of fused-ring (bicyclic) bond motifs is 6. The molecule has 4 unspecified atom stereocenters. The summed E-state index contributed by atoms with van der Waals surface area (Å²) in [6, 6.07) is 34.7. The number of allylic oxidation sites excluding steroid dienone is 10. The van der Waals surface area contributed by atoms with Crippen LogP contribution in [0.25, 0.3) is 21.9 Å². The summed E-state index contributed by atoms with van der Waals surface area (Å²) in [6.45, 7) is 0. The van der Waals surface area contributed by atoms with Crippen molar-refractivity contribution in [3.8, 4) is 0 Å². The second-order valence-electron chi connectivity index (χ2n) is 14.8. The van der Waals surface area contributed by atoms with Gasteiger partial charge in [-0.3, -0.25) is 0 Å². The van der Waals surface area contributed by atoms with Gasteiger partial charge in [-0.15, -0.1) is 10.0 Å². The summed E-state index contributed by atoms with van der Waals surface area (Å²) in [7, 11) is -1.72. The minimum atomic E-state index is -1.72. The number of hydrogen-bond donors (Lipinski definition) is 0. The van der Waals surface area contributed by atoms with E-state index in [9.17, 15) is 0 Å². The molecule has 5 aliphatic rings. The first-order valence-electron chi connectivity index (χ1n) is 19.1. The van der Waals surface area contributed by atoms with Crippen LogP contribution in [0.2, 0.25) is 0 Å².